The minimum absolute atomic E-state index is 0.0696. The van der Waals surface area contributed by atoms with Gasteiger partial charge in [0.05, 0.1) is 25.1 Å². The molecule has 0 radical (unpaired) electrons. The lowest BCUT2D eigenvalue weighted by atomic mass is 10.0. The van der Waals surface area contributed by atoms with Crippen LogP contribution in [-0.4, -0.2) is 97.0 Å². The van der Waals surface area contributed by atoms with Gasteiger partial charge in [0.2, 0.25) is 11.9 Å². The van der Waals surface area contributed by atoms with E-state index in [1.54, 1.807) is 23.0 Å². The second-order valence-electron chi connectivity index (χ2n) is 13.4. The normalized spacial score (nSPS) is 18.7. The molecular formula is C34H49N7O6. The van der Waals surface area contributed by atoms with Crippen LogP contribution >= 0.6 is 0 Å². The second kappa shape index (κ2) is 14.6. The minimum Gasteiger partial charge on any atom is -0.491 e. The topological polar surface area (TPSA) is 130 Å². The van der Waals surface area contributed by atoms with E-state index in [4.69, 9.17) is 19.2 Å². The molecule has 0 spiro atoms. The molecule has 2 aliphatic heterocycles. The van der Waals surface area contributed by atoms with E-state index in [1.807, 2.05) is 45.9 Å². The van der Waals surface area contributed by atoms with Crippen LogP contribution in [0.15, 0.2) is 24.4 Å². The van der Waals surface area contributed by atoms with E-state index in [2.05, 4.69) is 20.1 Å². The van der Waals surface area contributed by atoms with Crippen LogP contribution in [-0.2, 0) is 19.1 Å². The van der Waals surface area contributed by atoms with Crippen molar-refractivity contribution in [3.63, 3.8) is 0 Å². The Kier molecular flexibility index (Phi) is 10.6. The number of ether oxygens (including phenoxy) is 3. The zero-order valence-electron chi connectivity index (χ0n) is 28.6. The van der Waals surface area contributed by atoms with Gasteiger partial charge in [-0.2, -0.15) is 4.98 Å². The van der Waals surface area contributed by atoms with Crippen molar-refractivity contribution in [2.45, 2.75) is 90.8 Å². The monoisotopic (exact) mass is 651 g/mol. The van der Waals surface area contributed by atoms with Gasteiger partial charge in [-0.15, -0.1) is 0 Å². The SMILES string of the molecule is CC[C@@H]1C(=O)N(C)c2cnc(Nc3cc(N4CCN(C(=O)OC(C)(C)C)CC4)ccc3OCCCOC(C)=O)nc2N1C1CCCC1. The molecule has 1 aliphatic carbocycles. The number of benzene rings is 1. The summed E-state index contributed by atoms with van der Waals surface area (Å²) in [5.74, 6) is 1.52. The highest BCUT2D eigenvalue weighted by molar-refractivity contribution is 6.04. The number of carbonyl (C=O) groups excluding carboxylic acids is 3. The van der Waals surface area contributed by atoms with Crippen molar-refractivity contribution in [2.75, 3.05) is 66.5 Å². The number of nitrogens with zero attached hydrogens (tertiary/aromatic N) is 6. The number of hydrogen-bond acceptors (Lipinski definition) is 11. The van der Waals surface area contributed by atoms with E-state index >= 15 is 0 Å². The van der Waals surface area contributed by atoms with Crippen LogP contribution in [0.4, 0.5) is 33.6 Å². The Morgan fingerprint density at radius 1 is 1.06 bits per heavy atom. The van der Waals surface area contributed by atoms with E-state index in [9.17, 15) is 14.4 Å². The van der Waals surface area contributed by atoms with Gasteiger partial charge >= 0.3 is 12.1 Å². The molecule has 1 N–H and O–H groups in total. The van der Waals surface area contributed by atoms with Crippen molar-refractivity contribution in [1.82, 2.24) is 14.9 Å². The third kappa shape index (κ3) is 8.17. The number of aromatic nitrogens is 2. The molecule has 2 amide bonds. The first kappa shape index (κ1) is 34.1. The number of rotatable bonds is 10. The predicted molar refractivity (Wildman–Crippen MR) is 181 cm³/mol. The Balaban J connectivity index is 1.39. The molecule has 3 aliphatic rings. The van der Waals surface area contributed by atoms with Gasteiger partial charge in [-0.3, -0.25) is 9.59 Å². The van der Waals surface area contributed by atoms with Gasteiger partial charge in [0.15, 0.2) is 5.82 Å². The van der Waals surface area contributed by atoms with E-state index in [0.29, 0.717) is 68.7 Å². The molecule has 2 fully saturated rings. The van der Waals surface area contributed by atoms with Crippen LogP contribution in [0.2, 0.25) is 0 Å². The molecule has 1 aromatic heterocycles. The predicted octanol–water partition coefficient (Wildman–Crippen LogP) is 5.11. The second-order valence-corrected chi connectivity index (χ2v) is 13.4. The first-order valence-electron chi connectivity index (χ1n) is 16.8. The summed E-state index contributed by atoms with van der Waals surface area (Å²) >= 11 is 0. The summed E-state index contributed by atoms with van der Waals surface area (Å²) in [5.41, 5.74) is 1.81. The summed E-state index contributed by atoms with van der Waals surface area (Å²) in [5, 5.41) is 3.41. The fourth-order valence-corrected chi connectivity index (χ4v) is 6.43. The van der Waals surface area contributed by atoms with Crippen molar-refractivity contribution in [1.29, 1.82) is 0 Å². The van der Waals surface area contributed by atoms with Crippen LogP contribution in [0.3, 0.4) is 0 Å². The summed E-state index contributed by atoms with van der Waals surface area (Å²) in [7, 11) is 1.79. The first-order chi connectivity index (χ1) is 22.4. The zero-order chi connectivity index (χ0) is 33.7. The molecule has 1 saturated heterocycles. The standard InChI is InChI=1S/C34H49N7O6/c1-7-27-31(43)38(6)28-22-35-32(37-30(28)41(27)24-11-8-9-12-24)36-26-21-25(13-14-29(26)46-20-10-19-45-23(2)42)39-15-17-40(18-16-39)33(44)47-34(3,4)5/h13-14,21-22,24,27H,7-12,15-20H2,1-6H3,(H,35,36,37)/t27-/m1/s1. The highest BCUT2D eigenvalue weighted by atomic mass is 16.6. The average Bonchev–Trinajstić information content (AvgIpc) is 3.57. The van der Waals surface area contributed by atoms with Crippen LogP contribution in [0, 0.1) is 0 Å². The summed E-state index contributed by atoms with van der Waals surface area (Å²) in [6.45, 7) is 12.0. The fourth-order valence-electron chi connectivity index (χ4n) is 6.43. The van der Waals surface area contributed by atoms with Gasteiger partial charge in [-0.25, -0.2) is 9.78 Å². The molecule has 2 aromatic rings. The number of likely N-dealkylation sites (N-methyl/N-ethyl adjacent to an activating group) is 1. The van der Waals surface area contributed by atoms with Crippen LogP contribution in [0.5, 0.6) is 5.75 Å². The van der Waals surface area contributed by atoms with Gasteiger partial charge in [-0.05, 0) is 58.2 Å². The van der Waals surface area contributed by atoms with Crippen molar-refractivity contribution in [3.8, 4) is 5.75 Å². The smallest absolute Gasteiger partial charge is 0.410 e. The van der Waals surface area contributed by atoms with Gasteiger partial charge in [-0.1, -0.05) is 19.8 Å². The van der Waals surface area contributed by atoms with E-state index in [-0.39, 0.29) is 36.7 Å². The van der Waals surface area contributed by atoms with E-state index < -0.39 is 5.60 Å². The Bertz CT molecular complexity index is 1430. The summed E-state index contributed by atoms with van der Waals surface area (Å²) in [6, 6.07) is 5.91. The number of amides is 2. The molecule has 13 nitrogen and oxygen atoms in total. The molecular weight excluding hydrogens is 602 g/mol. The maximum Gasteiger partial charge on any atom is 0.410 e. The first-order valence-corrected chi connectivity index (χ1v) is 16.8. The molecule has 0 bridgehead atoms. The quantitative estimate of drug-likeness (QED) is 0.272. The maximum absolute atomic E-state index is 13.3. The lowest BCUT2D eigenvalue weighted by Gasteiger charge is -2.43. The van der Waals surface area contributed by atoms with Crippen molar-refractivity contribution >= 4 is 46.8 Å². The zero-order valence-corrected chi connectivity index (χ0v) is 28.6. The third-order valence-electron chi connectivity index (χ3n) is 8.77. The van der Waals surface area contributed by atoms with E-state index in [1.165, 1.54) is 6.92 Å². The highest BCUT2D eigenvalue weighted by Gasteiger charge is 2.41. The van der Waals surface area contributed by atoms with Gasteiger partial charge < -0.3 is 39.1 Å². The Morgan fingerprint density at radius 2 is 1.79 bits per heavy atom. The van der Waals surface area contributed by atoms with Crippen molar-refractivity contribution in [2.24, 2.45) is 0 Å². The number of esters is 1. The number of nitrogens with one attached hydrogen (secondary N) is 1. The maximum atomic E-state index is 13.3. The van der Waals surface area contributed by atoms with Crippen LogP contribution < -0.4 is 24.8 Å². The van der Waals surface area contributed by atoms with E-state index in [0.717, 1.165) is 37.2 Å². The number of piperazine rings is 1. The molecule has 13 heteroatoms. The average molecular weight is 652 g/mol. The molecule has 1 atom stereocenters. The summed E-state index contributed by atoms with van der Waals surface area (Å²) in [6.07, 6.45) is 7.01. The van der Waals surface area contributed by atoms with Crippen molar-refractivity contribution < 1.29 is 28.6 Å². The summed E-state index contributed by atoms with van der Waals surface area (Å²) < 4.78 is 16.8. The molecule has 1 saturated carbocycles. The number of carbonyl (C=O) groups is 3. The van der Waals surface area contributed by atoms with Gasteiger partial charge in [0, 0.05) is 58.3 Å². The summed E-state index contributed by atoms with van der Waals surface area (Å²) in [4.78, 5) is 54.6. The lowest BCUT2D eigenvalue weighted by molar-refractivity contribution is -0.141. The number of anilines is 5. The van der Waals surface area contributed by atoms with Crippen LogP contribution in [0.1, 0.15) is 73.1 Å². The molecule has 3 heterocycles. The molecule has 0 unspecified atom stereocenters. The fraction of sp³-hybridized carbons (Fsp3) is 0.618. The number of fused-ring (bicyclic) bond motifs is 1. The molecule has 5 rings (SSSR count). The van der Waals surface area contributed by atoms with Gasteiger partial charge in [0.25, 0.3) is 0 Å². The molecule has 47 heavy (non-hydrogen) atoms. The van der Waals surface area contributed by atoms with Crippen molar-refractivity contribution in [3.05, 3.63) is 24.4 Å². The van der Waals surface area contributed by atoms with Gasteiger partial charge in [0.1, 0.15) is 23.1 Å². The lowest BCUT2D eigenvalue weighted by Crippen LogP contribution is -2.55. The van der Waals surface area contributed by atoms with Crippen LogP contribution in [0.25, 0.3) is 0 Å². The largest absolute Gasteiger partial charge is 0.491 e. The Labute approximate surface area is 277 Å². The molecule has 1 aromatic carbocycles. The molecule has 256 valence electrons. The highest BCUT2D eigenvalue weighted by Crippen LogP contribution is 2.40. The minimum atomic E-state index is -0.544. The third-order valence-corrected chi connectivity index (χ3v) is 8.77. The Morgan fingerprint density at radius 3 is 2.45 bits per heavy atom. The Hall–Kier alpha value is -4.29. The number of hydrogen-bond donors (Lipinski definition) is 1.